The number of likely N-dealkylation sites (tertiary alicyclic amines) is 1. The number of hydrogen-bond donors (Lipinski definition) is 1. The van der Waals surface area contributed by atoms with Crippen LogP contribution in [0, 0.1) is 12.8 Å². The van der Waals surface area contributed by atoms with Crippen molar-refractivity contribution in [1.29, 1.82) is 0 Å². The predicted octanol–water partition coefficient (Wildman–Crippen LogP) is 3.65. The molecule has 3 aromatic rings. The van der Waals surface area contributed by atoms with Gasteiger partial charge in [0.15, 0.2) is 0 Å². The van der Waals surface area contributed by atoms with Gasteiger partial charge in [0.05, 0.1) is 5.52 Å². The highest BCUT2D eigenvalue weighted by atomic mass is 35.5. The van der Waals surface area contributed by atoms with Gasteiger partial charge in [-0.1, -0.05) is 11.6 Å². The van der Waals surface area contributed by atoms with Crippen LogP contribution in [0.5, 0.6) is 0 Å². The zero-order chi connectivity index (χ0) is 20.5. The lowest BCUT2D eigenvalue weighted by molar-refractivity contribution is 0.0681. The number of rotatable bonds is 4. The van der Waals surface area contributed by atoms with Gasteiger partial charge in [-0.25, -0.2) is 0 Å². The Labute approximate surface area is 174 Å². The molecule has 0 aliphatic carbocycles. The summed E-state index contributed by atoms with van der Waals surface area (Å²) < 4.78 is 1.95. The average molecular weight is 411 g/mol. The number of aromatic nitrogens is 2. The molecule has 0 bridgehead atoms. The molecular formula is C22H23ClN4O2. The number of nitrogens with two attached hydrogens (primary N) is 1. The van der Waals surface area contributed by atoms with Crippen LogP contribution in [-0.2, 0) is 6.54 Å². The SMILES string of the molecule is Cc1c(C(N)=O)ccc2nn(CC3CCN(C(=O)c4ccc(Cl)cc4)CC3)cc12. The topological polar surface area (TPSA) is 81.2 Å². The first kappa shape index (κ1) is 19.5. The molecule has 4 rings (SSSR count). The van der Waals surface area contributed by atoms with Gasteiger partial charge in [0, 0.05) is 47.4 Å². The molecule has 0 saturated carbocycles. The molecule has 2 amide bonds. The lowest BCUT2D eigenvalue weighted by Gasteiger charge is -2.32. The molecule has 0 unspecified atom stereocenters. The second-order valence-electron chi connectivity index (χ2n) is 7.63. The molecule has 2 N–H and O–H groups in total. The number of primary amides is 1. The molecule has 150 valence electrons. The van der Waals surface area contributed by atoms with Gasteiger partial charge >= 0.3 is 0 Å². The third-order valence-corrected chi connectivity index (χ3v) is 5.96. The quantitative estimate of drug-likeness (QED) is 0.712. The van der Waals surface area contributed by atoms with Gasteiger partial charge < -0.3 is 10.6 Å². The monoisotopic (exact) mass is 410 g/mol. The highest BCUT2D eigenvalue weighted by molar-refractivity contribution is 6.30. The van der Waals surface area contributed by atoms with Crippen LogP contribution >= 0.6 is 11.6 Å². The molecule has 2 aromatic carbocycles. The Kier molecular flexibility index (Phi) is 5.28. The Hall–Kier alpha value is -2.86. The summed E-state index contributed by atoms with van der Waals surface area (Å²) in [5, 5.41) is 6.23. The van der Waals surface area contributed by atoms with Gasteiger partial charge in [0.1, 0.15) is 0 Å². The second kappa shape index (κ2) is 7.87. The molecule has 1 aliphatic heterocycles. The summed E-state index contributed by atoms with van der Waals surface area (Å²) in [7, 11) is 0. The molecule has 0 atom stereocenters. The minimum atomic E-state index is -0.421. The van der Waals surface area contributed by atoms with Crippen molar-refractivity contribution in [2.24, 2.45) is 11.7 Å². The van der Waals surface area contributed by atoms with Gasteiger partial charge in [-0.05, 0) is 67.6 Å². The van der Waals surface area contributed by atoms with Crippen molar-refractivity contribution in [3.63, 3.8) is 0 Å². The molecular weight excluding hydrogens is 388 g/mol. The minimum absolute atomic E-state index is 0.0551. The van der Waals surface area contributed by atoms with Crippen molar-refractivity contribution in [3.8, 4) is 0 Å². The molecule has 7 heteroatoms. The third kappa shape index (κ3) is 3.98. The second-order valence-corrected chi connectivity index (χ2v) is 8.07. The third-order valence-electron chi connectivity index (χ3n) is 5.71. The molecule has 1 fully saturated rings. The summed E-state index contributed by atoms with van der Waals surface area (Å²) in [4.78, 5) is 26.1. The first-order valence-electron chi connectivity index (χ1n) is 9.74. The molecule has 1 saturated heterocycles. The van der Waals surface area contributed by atoms with Gasteiger partial charge in [-0.15, -0.1) is 0 Å². The first-order valence-corrected chi connectivity index (χ1v) is 10.1. The summed E-state index contributed by atoms with van der Waals surface area (Å²) >= 11 is 5.91. The summed E-state index contributed by atoms with van der Waals surface area (Å²) in [6.45, 7) is 4.16. The summed E-state index contributed by atoms with van der Waals surface area (Å²) in [6, 6.07) is 10.6. The minimum Gasteiger partial charge on any atom is -0.366 e. The van der Waals surface area contributed by atoms with Gasteiger partial charge in [0.2, 0.25) is 5.91 Å². The van der Waals surface area contributed by atoms with Crippen molar-refractivity contribution in [3.05, 3.63) is 64.3 Å². The van der Waals surface area contributed by atoms with Crippen LogP contribution in [0.3, 0.4) is 0 Å². The average Bonchev–Trinajstić information content (AvgIpc) is 3.12. The number of fused-ring (bicyclic) bond motifs is 1. The van der Waals surface area contributed by atoms with E-state index in [4.69, 9.17) is 17.3 Å². The molecule has 0 radical (unpaired) electrons. The van der Waals surface area contributed by atoms with Crippen LogP contribution in [-0.4, -0.2) is 39.6 Å². The lowest BCUT2D eigenvalue weighted by Crippen LogP contribution is -2.39. The molecule has 6 nitrogen and oxygen atoms in total. The van der Waals surface area contributed by atoms with Crippen LogP contribution in [0.25, 0.3) is 10.9 Å². The Morgan fingerprint density at radius 2 is 1.83 bits per heavy atom. The lowest BCUT2D eigenvalue weighted by atomic mass is 9.96. The molecule has 2 heterocycles. The highest BCUT2D eigenvalue weighted by Crippen LogP contribution is 2.24. The van der Waals surface area contributed by atoms with Crippen molar-refractivity contribution in [1.82, 2.24) is 14.7 Å². The van der Waals surface area contributed by atoms with E-state index in [1.54, 1.807) is 30.3 Å². The van der Waals surface area contributed by atoms with Crippen molar-refractivity contribution >= 4 is 34.3 Å². The normalized spacial score (nSPS) is 15.0. The van der Waals surface area contributed by atoms with Crippen LogP contribution in [0.4, 0.5) is 0 Å². The van der Waals surface area contributed by atoms with Crippen LogP contribution in [0.15, 0.2) is 42.6 Å². The number of carbonyl (C=O) groups is 2. The maximum atomic E-state index is 12.6. The van der Waals surface area contributed by atoms with Gasteiger partial charge in [-0.3, -0.25) is 14.3 Å². The molecule has 1 aliphatic rings. The Bertz CT molecular complexity index is 1070. The van der Waals surface area contributed by atoms with Gasteiger partial charge in [0.25, 0.3) is 5.91 Å². The number of carbonyl (C=O) groups excluding carboxylic acids is 2. The maximum Gasteiger partial charge on any atom is 0.253 e. The maximum absolute atomic E-state index is 12.6. The largest absolute Gasteiger partial charge is 0.366 e. The van der Waals surface area contributed by atoms with E-state index in [2.05, 4.69) is 5.10 Å². The van der Waals surface area contributed by atoms with Crippen LogP contribution in [0.2, 0.25) is 5.02 Å². The van der Waals surface area contributed by atoms with Crippen molar-refractivity contribution in [2.45, 2.75) is 26.3 Å². The zero-order valence-electron chi connectivity index (χ0n) is 16.3. The van der Waals surface area contributed by atoms with E-state index < -0.39 is 5.91 Å². The van der Waals surface area contributed by atoms with Crippen LogP contribution in [0.1, 0.15) is 39.1 Å². The number of hydrogen-bond acceptors (Lipinski definition) is 3. The number of benzene rings is 2. The number of amides is 2. The Morgan fingerprint density at radius 3 is 2.48 bits per heavy atom. The van der Waals surface area contributed by atoms with Crippen molar-refractivity contribution < 1.29 is 9.59 Å². The molecule has 29 heavy (non-hydrogen) atoms. The van der Waals surface area contributed by atoms with Gasteiger partial charge in [-0.2, -0.15) is 5.10 Å². The highest BCUT2D eigenvalue weighted by Gasteiger charge is 2.24. The van der Waals surface area contributed by atoms with E-state index in [1.165, 1.54) is 0 Å². The van der Waals surface area contributed by atoms with E-state index >= 15 is 0 Å². The molecule has 1 aromatic heterocycles. The number of halogens is 1. The summed E-state index contributed by atoms with van der Waals surface area (Å²) in [5.41, 5.74) is 8.38. The smallest absolute Gasteiger partial charge is 0.253 e. The van der Waals surface area contributed by atoms with E-state index in [9.17, 15) is 9.59 Å². The van der Waals surface area contributed by atoms with E-state index in [-0.39, 0.29) is 5.91 Å². The zero-order valence-corrected chi connectivity index (χ0v) is 17.0. The number of piperidine rings is 1. The van der Waals surface area contributed by atoms with E-state index in [0.29, 0.717) is 22.1 Å². The number of aryl methyl sites for hydroxylation is 1. The summed E-state index contributed by atoms with van der Waals surface area (Å²) in [6.07, 6.45) is 3.85. The van der Waals surface area contributed by atoms with Crippen molar-refractivity contribution in [2.75, 3.05) is 13.1 Å². The Balaban J connectivity index is 1.40. The first-order chi connectivity index (χ1) is 13.9. The fraction of sp³-hybridized carbons (Fsp3) is 0.318. The molecule has 0 spiro atoms. The van der Waals surface area contributed by atoms with E-state index in [0.717, 1.165) is 48.9 Å². The fourth-order valence-corrected chi connectivity index (χ4v) is 4.13. The predicted molar refractivity (Wildman–Crippen MR) is 113 cm³/mol. The Morgan fingerprint density at radius 1 is 1.14 bits per heavy atom. The van der Waals surface area contributed by atoms with Crippen LogP contribution < -0.4 is 5.73 Å². The fourth-order valence-electron chi connectivity index (χ4n) is 4.00. The van der Waals surface area contributed by atoms with E-state index in [1.807, 2.05) is 28.8 Å². The standard InChI is InChI=1S/C22H23ClN4O2/c1-14-18(21(24)28)6-7-20-19(14)13-27(25-20)12-15-8-10-26(11-9-15)22(29)16-2-4-17(23)5-3-16/h2-7,13,15H,8-12H2,1H3,(H2,24,28). The summed E-state index contributed by atoms with van der Waals surface area (Å²) in [5.74, 6) is 0.0870. The number of nitrogens with zero attached hydrogens (tertiary/aromatic N) is 3.